The van der Waals surface area contributed by atoms with Crippen LogP contribution in [0.4, 0.5) is 0 Å². The van der Waals surface area contributed by atoms with Crippen molar-refractivity contribution in [3.8, 4) is 0 Å². The molecule has 0 aliphatic rings. The van der Waals surface area contributed by atoms with Crippen LogP contribution < -0.4 is 0 Å². The van der Waals surface area contributed by atoms with Gasteiger partial charge < -0.3 is 9.32 Å². The minimum Gasteiger partial charge on any atom is -0.366 e. The van der Waals surface area contributed by atoms with Crippen molar-refractivity contribution in [2.75, 3.05) is 6.66 Å². The summed E-state index contributed by atoms with van der Waals surface area (Å²) in [5, 5.41) is 0. The highest BCUT2D eigenvalue weighted by molar-refractivity contribution is 7.77. The Hall–Kier alpha value is -0.395. The molecule has 0 aliphatic heterocycles. The fourth-order valence-electron chi connectivity index (χ4n) is 1.30. The predicted octanol–water partition coefficient (Wildman–Crippen LogP) is 2.70. The van der Waals surface area contributed by atoms with Gasteiger partial charge in [-0.05, 0) is 14.7 Å². The van der Waals surface area contributed by atoms with Gasteiger partial charge in [0.15, 0.2) is 0 Å². The molecule has 2 radical (unpaired) electrons. The van der Waals surface area contributed by atoms with E-state index in [9.17, 15) is 4.79 Å². The third kappa shape index (κ3) is 5.91. The summed E-state index contributed by atoms with van der Waals surface area (Å²) < 4.78 is 5.59. The minimum atomic E-state index is -0.944. The van der Waals surface area contributed by atoms with Gasteiger partial charge in [0.1, 0.15) is 13.9 Å². The zero-order valence-electron chi connectivity index (χ0n) is 9.59. The Kier molecular flexibility index (Phi) is 7.63. The quantitative estimate of drug-likeness (QED) is 0.287. The summed E-state index contributed by atoms with van der Waals surface area (Å²) in [4.78, 5) is 10.7. The second kappa shape index (κ2) is 7.84. The molecule has 15 heavy (non-hydrogen) atoms. The maximum atomic E-state index is 10.7. The number of rotatable bonds is 7. The molecule has 0 aliphatic carbocycles. The zero-order valence-corrected chi connectivity index (χ0v) is 10.5. The Balaban J connectivity index is 4.52. The van der Waals surface area contributed by atoms with Crippen molar-refractivity contribution < 1.29 is 9.32 Å². The number of hydrogen-bond acceptors (Lipinski definition) is 2. The van der Waals surface area contributed by atoms with Crippen LogP contribution in [0.15, 0.2) is 24.8 Å². The highest BCUT2D eigenvalue weighted by Gasteiger charge is 2.23. The van der Waals surface area contributed by atoms with E-state index in [4.69, 9.17) is 12.1 Å². The zero-order chi connectivity index (χ0) is 11.8. The molecule has 2 unspecified atom stereocenters. The summed E-state index contributed by atoms with van der Waals surface area (Å²) in [7, 11) is 4.69. The van der Waals surface area contributed by atoms with Gasteiger partial charge >= 0.3 is 0 Å². The molecule has 82 valence electrons. The van der Waals surface area contributed by atoms with Gasteiger partial charge in [0.05, 0.1) is 6.10 Å². The average molecular weight is 224 g/mol. The third-order valence-electron chi connectivity index (χ3n) is 2.09. The molecule has 0 saturated carbocycles. The number of allylic oxidation sites excluding steroid dienone is 2. The van der Waals surface area contributed by atoms with Crippen molar-refractivity contribution in [1.29, 1.82) is 0 Å². The molecule has 0 N–H and O–H groups in total. The molecule has 0 rings (SSSR count). The Morgan fingerprint density at radius 1 is 1.40 bits per heavy atom. The van der Waals surface area contributed by atoms with E-state index in [1.54, 1.807) is 6.08 Å². The predicted molar refractivity (Wildman–Crippen MR) is 67.2 cm³/mol. The molecule has 0 spiro atoms. The molecule has 2 nitrogen and oxygen atoms in total. The van der Waals surface area contributed by atoms with E-state index < -0.39 is 8.03 Å². The highest BCUT2D eigenvalue weighted by atomic mass is 31.1. The minimum absolute atomic E-state index is 0.150. The Bertz CT molecular complexity index is 229. The van der Waals surface area contributed by atoms with Crippen molar-refractivity contribution in [2.24, 2.45) is 11.8 Å². The molecule has 0 saturated heterocycles. The first kappa shape index (κ1) is 14.6. The van der Waals surface area contributed by atoms with Gasteiger partial charge in [0, 0.05) is 11.8 Å². The Morgan fingerprint density at radius 3 is 2.40 bits per heavy atom. The first-order valence-corrected chi connectivity index (χ1v) is 6.70. The Morgan fingerprint density at radius 2 is 2.00 bits per heavy atom. The van der Waals surface area contributed by atoms with Crippen molar-refractivity contribution in [1.82, 2.24) is 0 Å². The van der Waals surface area contributed by atoms with Crippen molar-refractivity contribution in [3.05, 3.63) is 24.8 Å². The first-order valence-electron chi connectivity index (χ1n) is 4.92. The molecular formula is C11H18BO2P. The lowest BCUT2D eigenvalue weighted by atomic mass is 9.94. The standard InChI is InChI=1S/C11H18BO2P/c1-5-6-7-9(2)11(10(3)8-13)14-15(4)12/h5-11H,1H2,2-4H3/t9?,10-,11-,15?/m0/s1. The Labute approximate surface area is 95.0 Å². The van der Waals surface area contributed by atoms with E-state index in [1.807, 2.05) is 32.7 Å². The lowest BCUT2D eigenvalue weighted by molar-refractivity contribution is -0.113. The maximum Gasteiger partial charge on any atom is 0.148 e. The van der Waals surface area contributed by atoms with E-state index in [2.05, 4.69) is 6.58 Å². The molecule has 0 aromatic carbocycles. The lowest BCUT2D eigenvalue weighted by Gasteiger charge is -2.27. The van der Waals surface area contributed by atoms with Crippen LogP contribution in [0.3, 0.4) is 0 Å². The van der Waals surface area contributed by atoms with Crippen LogP contribution in [-0.4, -0.2) is 26.6 Å². The highest BCUT2D eigenvalue weighted by Crippen LogP contribution is 2.32. The smallest absolute Gasteiger partial charge is 0.148 e. The second-order valence-corrected chi connectivity index (χ2v) is 4.89. The first-order chi connectivity index (χ1) is 7.02. The van der Waals surface area contributed by atoms with Crippen LogP contribution in [0.2, 0.25) is 0 Å². The molecule has 0 fully saturated rings. The molecule has 0 amide bonds. The van der Waals surface area contributed by atoms with Crippen molar-refractivity contribution in [3.63, 3.8) is 0 Å². The molecule has 4 atom stereocenters. The van der Waals surface area contributed by atoms with Gasteiger partial charge in [0.25, 0.3) is 0 Å². The second-order valence-electron chi connectivity index (χ2n) is 3.59. The van der Waals surface area contributed by atoms with Crippen LogP contribution in [0.5, 0.6) is 0 Å². The van der Waals surface area contributed by atoms with E-state index in [0.29, 0.717) is 0 Å². The van der Waals surface area contributed by atoms with Gasteiger partial charge in [-0.15, -0.1) is 0 Å². The summed E-state index contributed by atoms with van der Waals surface area (Å²) in [5.74, 6) is -0.000310. The van der Waals surface area contributed by atoms with Gasteiger partial charge in [-0.1, -0.05) is 38.7 Å². The van der Waals surface area contributed by atoms with Gasteiger partial charge in [-0.25, -0.2) is 0 Å². The van der Waals surface area contributed by atoms with Gasteiger partial charge in [0.2, 0.25) is 0 Å². The molecule has 0 aromatic heterocycles. The fourth-order valence-corrected chi connectivity index (χ4v) is 2.07. The largest absolute Gasteiger partial charge is 0.366 e. The third-order valence-corrected chi connectivity index (χ3v) is 2.67. The van der Waals surface area contributed by atoms with Crippen LogP contribution >= 0.6 is 8.03 Å². The lowest BCUT2D eigenvalue weighted by Crippen LogP contribution is -2.27. The molecule has 4 heteroatoms. The number of aldehydes is 1. The molecule has 0 aromatic rings. The van der Waals surface area contributed by atoms with E-state index in [0.717, 1.165) is 6.29 Å². The SMILES string of the molecule is [B]P(C)O[C@@H](C(C)C=CC=C)[C@@H](C)C=O. The van der Waals surface area contributed by atoms with E-state index in [-0.39, 0.29) is 17.9 Å². The molecule has 0 bridgehead atoms. The van der Waals surface area contributed by atoms with Crippen molar-refractivity contribution >= 4 is 21.9 Å². The van der Waals surface area contributed by atoms with Gasteiger partial charge in [-0.2, -0.15) is 0 Å². The topological polar surface area (TPSA) is 26.3 Å². The average Bonchev–Trinajstić information content (AvgIpc) is 2.21. The molecular weight excluding hydrogens is 206 g/mol. The van der Waals surface area contributed by atoms with Crippen LogP contribution in [0.25, 0.3) is 0 Å². The van der Waals surface area contributed by atoms with Crippen LogP contribution in [0, 0.1) is 11.8 Å². The summed E-state index contributed by atoms with van der Waals surface area (Å²) in [5.41, 5.74) is 0. The summed E-state index contributed by atoms with van der Waals surface area (Å²) in [6, 6.07) is 0. The normalized spacial score (nSPS) is 19.4. The number of carbonyl (C=O) groups is 1. The van der Waals surface area contributed by atoms with Crippen molar-refractivity contribution in [2.45, 2.75) is 20.0 Å². The van der Waals surface area contributed by atoms with Gasteiger partial charge in [-0.3, -0.25) is 0 Å². The van der Waals surface area contributed by atoms with E-state index in [1.165, 1.54) is 0 Å². The monoisotopic (exact) mass is 224 g/mol. The number of hydrogen-bond donors (Lipinski definition) is 0. The van der Waals surface area contributed by atoms with E-state index >= 15 is 0 Å². The summed E-state index contributed by atoms with van der Waals surface area (Å²) in [6.07, 6.45) is 6.28. The van der Waals surface area contributed by atoms with Crippen LogP contribution in [-0.2, 0) is 9.32 Å². The maximum absolute atomic E-state index is 10.7. The number of carbonyl (C=O) groups excluding carboxylic acids is 1. The van der Waals surface area contributed by atoms with Crippen LogP contribution in [0.1, 0.15) is 13.8 Å². The fraction of sp³-hybridized carbons (Fsp3) is 0.545. The molecule has 0 heterocycles. The summed E-state index contributed by atoms with van der Waals surface area (Å²) >= 11 is 0. The summed E-state index contributed by atoms with van der Waals surface area (Å²) in [6.45, 7) is 9.27.